The van der Waals surface area contributed by atoms with Crippen LogP contribution in [0.25, 0.3) is 0 Å². The summed E-state index contributed by atoms with van der Waals surface area (Å²) in [5, 5.41) is 63.7. The third-order valence-corrected chi connectivity index (χ3v) is 15.2. The molecule has 2 aromatic rings. The Hall–Kier alpha value is -6.30. The third-order valence-electron chi connectivity index (χ3n) is 15.2. The summed E-state index contributed by atoms with van der Waals surface area (Å²) >= 11 is 0. The van der Waals surface area contributed by atoms with Gasteiger partial charge in [-0.05, 0) is 62.5 Å². The number of nitrogens with one attached hydrogen (secondary N) is 11. The summed E-state index contributed by atoms with van der Waals surface area (Å²) in [6.45, 7) is 15.1. The van der Waals surface area contributed by atoms with Gasteiger partial charge < -0.3 is 73.8 Å². The molecule has 0 aliphatic carbocycles. The van der Waals surface area contributed by atoms with Crippen molar-refractivity contribution in [1.29, 1.82) is 0 Å². The van der Waals surface area contributed by atoms with Gasteiger partial charge in [0, 0.05) is 135 Å². The monoisotopic (exact) mass is 1160 g/mol. The lowest BCUT2D eigenvalue weighted by atomic mass is 9.89. The van der Waals surface area contributed by atoms with Crippen LogP contribution in [0, 0.1) is 11.3 Å². The van der Waals surface area contributed by atoms with Crippen LogP contribution in [0.4, 0.5) is 4.79 Å². The predicted molar refractivity (Wildman–Crippen MR) is 320 cm³/mol. The summed E-state index contributed by atoms with van der Waals surface area (Å²) in [7, 11) is 0. The summed E-state index contributed by atoms with van der Waals surface area (Å²) < 4.78 is 0. The van der Waals surface area contributed by atoms with E-state index >= 15 is 0 Å². The maximum absolute atomic E-state index is 14.3. The molecule has 3 fully saturated rings. The number of carbonyl (C=O) groups excluding carboxylic acids is 6. The van der Waals surface area contributed by atoms with Crippen LogP contribution < -0.4 is 58.5 Å². The molecule has 22 nitrogen and oxygen atoms in total. The first-order valence-corrected chi connectivity index (χ1v) is 30.1. The topological polar surface area (TPSA) is 330 Å². The van der Waals surface area contributed by atoms with Gasteiger partial charge in [0.05, 0.1) is 17.6 Å². The van der Waals surface area contributed by atoms with Crippen molar-refractivity contribution in [2.75, 3.05) is 85.1 Å². The van der Waals surface area contributed by atoms with E-state index < -0.39 is 54.0 Å². The zero-order valence-electron chi connectivity index (χ0n) is 49.0. The van der Waals surface area contributed by atoms with Crippen molar-refractivity contribution in [2.45, 2.75) is 153 Å². The van der Waals surface area contributed by atoms with Crippen molar-refractivity contribution in [3.8, 4) is 0 Å². The Labute approximate surface area is 490 Å². The lowest BCUT2D eigenvalue weighted by Gasteiger charge is -2.37. The minimum atomic E-state index is -1.41. The summed E-state index contributed by atoms with van der Waals surface area (Å²) in [6, 6.07) is 15.0. The van der Waals surface area contributed by atoms with Crippen LogP contribution in [-0.2, 0) is 46.4 Å². The Morgan fingerprint density at radius 2 is 1.02 bits per heavy atom. The van der Waals surface area contributed by atoms with E-state index in [-0.39, 0.29) is 79.0 Å². The number of rotatable bonds is 35. The summed E-state index contributed by atoms with van der Waals surface area (Å²) in [6.07, 6.45) is 7.21. The number of unbranched alkanes of at least 4 members (excludes halogenated alkanes) is 6. The van der Waals surface area contributed by atoms with Gasteiger partial charge in [0.25, 0.3) is 0 Å². The zero-order valence-corrected chi connectivity index (χ0v) is 49.0. The predicted octanol–water partition coefficient (Wildman–Crippen LogP) is 3.16. The smallest absolute Gasteiger partial charge is 0.326 e. The maximum atomic E-state index is 14.3. The normalized spacial score (nSPS) is 19.5. The minimum Gasteiger partial charge on any atom is -0.511 e. The number of Topliss-reactive ketones (excluding diaryl/α,β-unsaturated/α-hetero) is 2. The highest BCUT2D eigenvalue weighted by Crippen LogP contribution is 2.19. The summed E-state index contributed by atoms with van der Waals surface area (Å²) in [4.78, 5) is 103. The average Bonchev–Trinajstić information content (AvgIpc) is 3.54. The van der Waals surface area contributed by atoms with Crippen LogP contribution in [0.1, 0.15) is 127 Å². The van der Waals surface area contributed by atoms with Crippen molar-refractivity contribution in [3.05, 3.63) is 84.1 Å². The number of hydrogen-bond acceptors (Lipinski definition) is 15. The molecule has 0 aromatic heterocycles. The molecule has 0 radical (unpaired) electrons. The molecule has 2 aromatic carbocycles. The van der Waals surface area contributed by atoms with E-state index in [0.29, 0.717) is 71.1 Å². The first-order chi connectivity index (χ1) is 39.9. The van der Waals surface area contributed by atoms with Gasteiger partial charge in [0.2, 0.25) is 17.7 Å². The number of carboxylic acids is 2. The standard InChI is InChI=1S/C61H97N11O11/c1-45(73)50(70-59(83)71-51(58(81)82)27-28-56(78)79)24-15-8-14-23-49(74)22-13-4-3-5-16-29-68-57(80)48(36-46-18-9-6-10-19-46)38-53(75)52(37-47-20-11-7-12-21-47)69-54(76)25-17-26-55(77)72-61-42-65-33-30-62-39-60(2,40-63-31-34-66-43-61)41-64-32-35-67-44-61/h6-7,9-12,18-21,48,50-52,62-67,73H,1,3-5,8,13-17,22-44H2,2H3,(H,68,80)(H,69,76)(H,72,77)(H,78,79)(H,81,82)(H2,70,71,83). The summed E-state index contributed by atoms with van der Waals surface area (Å²) in [5.41, 5.74) is 1.21. The van der Waals surface area contributed by atoms with E-state index in [2.05, 4.69) is 72.0 Å². The van der Waals surface area contributed by atoms with Gasteiger partial charge in [0.15, 0.2) is 5.78 Å². The highest BCUT2D eigenvalue weighted by atomic mass is 16.4. The second-order valence-electron chi connectivity index (χ2n) is 22.9. The van der Waals surface area contributed by atoms with Gasteiger partial charge in [-0.15, -0.1) is 0 Å². The number of ketones is 2. The molecule has 22 heteroatoms. The van der Waals surface area contributed by atoms with Gasteiger partial charge >= 0.3 is 18.0 Å². The molecule has 0 spiro atoms. The molecular formula is C61H97N11O11. The first-order valence-electron chi connectivity index (χ1n) is 30.1. The Balaban J connectivity index is 1.21. The Morgan fingerprint density at radius 1 is 0.530 bits per heavy atom. The third kappa shape index (κ3) is 29.7. The number of urea groups is 1. The second kappa shape index (κ2) is 39.3. The number of aliphatic hydroxyl groups excluding tert-OH is 1. The second-order valence-corrected chi connectivity index (χ2v) is 22.9. The number of carboxylic acid groups (broad SMARTS) is 2. The highest BCUT2D eigenvalue weighted by Gasteiger charge is 2.33. The van der Waals surface area contributed by atoms with E-state index in [4.69, 9.17) is 5.11 Å². The van der Waals surface area contributed by atoms with E-state index in [1.165, 1.54) is 0 Å². The fourth-order valence-corrected chi connectivity index (χ4v) is 10.4. The minimum absolute atomic E-state index is 0.0396. The van der Waals surface area contributed by atoms with Crippen LogP contribution in [-0.4, -0.2) is 171 Å². The molecule has 0 saturated carbocycles. The van der Waals surface area contributed by atoms with Crippen molar-refractivity contribution in [2.24, 2.45) is 11.3 Å². The van der Waals surface area contributed by atoms with Gasteiger partial charge in [-0.25, -0.2) is 9.59 Å². The molecule has 5 rings (SSSR count). The molecule has 2 bridgehead atoms. The molecule has 3 heterocycles. The van der Waals surface area contributed by atoms with E-state index in [9.17, 15) is 48.6 Å². The van der Waals surface area contributed by atoms with Crippen LogP contribution >= 0.6 is 0 Å². The van der Waals surface area contributed by atoms with Gasteiger partial charge in [-0.3, -0.25) is 28.8 Å². The van der Waals surface area contributed by atoms with Gasteiger partial charge in [-0.2, -0.15) is 0 Å². The van der Waals surface area contributed by atoms with Crippen molar-refractivity contribution in [1.82, 2.24) is 58.5 Å². The van der Waals surface area contributed by atoms with Crippen LogP contribution in [0.5, 0.6) is 0 Å². The fraction of sp³-hybridized carbons (Fsp3) is 0.639. The number of aliphatic hydroxyl groups is 1. The Bertz CT molecular complexity index is 2270. The van der Waals surface area contributed by atoms with E-state index in [1.54, 1.807) is 0 Å². The molecule has 3 aliphatic rings. The Morgan fingerprint density at radius 3 is 1.57 bits per heavy atom. The van der Waals surface area contributed by atoms with Crippen LogP contribution in [0.2, 0.25) is 0 Å². The summed E-state index contributed by atoms with van der Waals surface area (Å²) in [5.74, 6) is -4.41. The number of amides is 5. The van der Waals surface area contributed by atoms with E-state index in [1.807, 2.05) is 60.7 Å². The number of hydrogen-bond donors (Lipinski definition) is 14. The molecule has 83 heavy (non-hydrogen) atoms. The Kier molecular flexibility index (Phi) is 32.7. The van der Waals surface area contributed by atoms with Gasteiger partial charge in [0.1, 0.15) is 17.6 Å². The average molecular weight is 1160 g/mol. The lowest BCUT2D eigenvalue weighted by molar-refractivity contribution is -0.140. The zero-order chi connectivity index (χ0) is 60.1. The molecule has 5 amide bonds. The quantitative estimate of drug-likeness (QED) is 0.0348. The maximum Gasteiger partial charge on any atom is 0.326 e. The number of carbonyl (C=O) groups is 8. The first kappa shape index (κ1) is 69.2. The largest absolute Gasteiger partial charge is 0.511 e. The molecule has 3 saturated heterocycles. The number of benzene rings is 2. The highest BCUT2D eigenvalue weighted by molar-refractivity contribution is 5.93. The van der Waals surface area contributed by atoms with Crippen molar-refractivity contribution in [3.63, 3.8) is 0 Å². The van der Waals surface area contributed by atoms with Crippen LogP contribution in [0.3, 0.4) is 0 Å². The molecular weight excluding hydrogens is 1060 g/mol. The number of aliphatic carboxylic acids is 2. The molecule has 4 atom stereocenters. The van der Waals surface area contributed by atoms with Gasteiger partial charge in [-0.1, -0.05) is 106 Å². The number of fused-ring (bicyclic) bond motifs is 15. The SMILES string of the molecule is C=C(O)C(CCCCCC(=O)CCCCCCCNC(=O)C(CC(=O)C(Cc1ccccc1)NC(=O)CCCC(=O)NC12CNCCNCC(C)(CNCCNC1)CNCCNC2)Cc1ccccc1)NC(=O)NC(CCC(=O)O)C(=O)O. The fourth-order valence-electron chi connectivity index (χ4n) is 10.4. The molecule has 4 unspecified atom stereocenters. The van der Waals surface area contributed by atoms with Crippen molar-refractivity contribution < 1.29 is 53.7 Å². The molecule has 14 N–H and O–H groups in total. The molecule has 3 aliphatic heterocycles. The van der Waals surface area contributed by atoms with E-state index in [0.717, 1.165) is 102 Å². The van der Waals surface area contributed by atoms with Crippen LogP contribution in [0.15, 0.2) is 73.0 Å². The van der Waals surface area contributed by atoms with Crippen molar-refractivity contribution >= 4 is 47.3 Å². The lowest BCUT2D eigenvalue weighted by Crippen LogP contribution is -2.66. The molecule has 462 valence electrons.